The first-order valence-corrected chi connectivity index (χ1v) is 12.6. The Kier molecular flexibility index (Phi) is 6.07. The highest BCUT2D eigenvalue weighted by Crippen LogP contribution is 2.31. The van der Waals surface area contributed by atoms with Gasteiger partial charge < -0.3 is 9.80 Å². The van der Waals surface area contributed by atoms with Crippen LogP contribution in [0.5, 0.6) is 0 Å². The first-order valence-electron chi connectivity index (χ1n) is 10.8. The Morgan fingerprint density at radius 3 is 2.42 bits per heavy atom. The van der Waals surface area contributed by atoms with Gasteiger partial charge in [-0.2, -0.15) is 5.10 Å². The van der Waals surface area contributed by atoms with Crippen molar-refractivity contribution in [2.45, 2.75) is 26.3 Å². The number of amides is 1. The summed E-state index contributed by atoms with van der Waals surface area (Å²) in [7, 11) is -1.13. The second-order valence-corrected chi connectivity index (χ2v) is 10.8. The second kappa shape index (κ2) is 8.63. The first kappa shape index (κ1) is 21.8. The summed E-state index contributed by atoms with van der Waals surface area (Å²) < 4.78 is 25.7. The van der Waals surface area contributed by atoms with Gasteiger partial charge in [0.25, 0.3) is 0 Å². The topological polar surface area (TPSA) is 78.8 Å². The summed E-state index contributed by atoms with van der Waals surface area (Å²) in [6.45, 7) is 7.66. The van der Waals surface area contributed by atoms with E-state index in [1.165, 1.54) is 0 Å². The number of rotatable bonds is 5. The molecule has 9 heteroatoms. The summed E-state index contributed by atoms with van der Waals surface area (Å²) >= 11 is 0. The van der Waals surface area contributed by atoms with Crippen LogP contribution < -0.4 is 9.80 Å². The van der Waals surface area contributed by atoms with Crippen LogP contribution in [0.2, 0.25) is 0 Å². The number of para-hydroxylation sites is 1. The molecule has 0 saturated carbocycles. The van der Waals surface area contributed by atoms with E-state index in [1.54, 1.807) is 4.90 Å². The highest BCUT2D eigenvalue weighted by molar-refractivity contribution is 7.91. The molecule has 2 aliphatic rings. The summed E-state index contributed by atoms with van der Waals surface area (Å²) in [6.07, 6.45) is 0.633. The molecule has 2 saturated heterocycles. The summed E-state index contributed by atoms with van der Waals surface area (Å²) in [6, 6.07) is 9.63. The molecule has 1 unspecified atom stereocenters. The molecule has 3 heterocycles. The van der Waals surface area contributed by atoms with Gasteiger partial charge in [-0.15, -0.1) is 0 Å². The number of benzene rings is 1. The van der Waals surface area contributed by atoms with Crippen molar-refractivity contribution in [2.75, 3.05) is 61.1 Å². The third kappa shape index (κ3) is 4.62. The number of hydrogen-bond acceptors (Lipinski definition) is 6. The number of aryl methyl sites for hydroxylation is 1. The van der Waals surface area contributed by atoms with Crippen molar-refractivity contribution in [3.05, 3.63) is 41.7 Å². The van der Waals surface area contributed by atoms with Gasteiger partial charge in [0, 0.05) is 38.9 Å². The van der Waals surface area contributed by atoms with Crippen LogP contribution in [-0.4, -0.2) is 80.3 Å². The quantitative estimate of drug-likeness (QED) is 0.696. The van der Waals surface area contributed by atoms with Crippen LogP contribution >= 0.6 is 0 Å². The van der Waals surface area contributed by atoms with Gasteiger partial charge in [-0.25, -0.2) is 8.42 Å². The monoisotopic (exact) mass is 445 g/mol. The minimum Gasteiger partial charge on any atom is -0.366 e. The highest BCUT2D eigenvalue weighted by atomic mass is 32.2. The predicted octanol–water partition coefficient (Wildman–Crippen LogP) is 1.64. The summed E-state index contributed by atoms with van der Waals surface area (Å²) in [4.78, 5) is 18.9. The predicted molar refractivity (Wildman–Crippen MR) is 123 cm³/mol. The Labute approximate surface area is 184 Å². The molecule has 2 aromatic rings. The van der Waals surface area contributed by atoms with E-state index in [0.29, 0.717) is 13.0 Å². The lowest BCUT2D eigenvalue weighted by atomic mass is 10.2. The van der Waals surface area contributed by atoms with Gasteiger partial charge in [0.1, 0.15) is 0 Å². The smallest absolute Gasteiger partial charge is 0.240 e. The standard InChI is InChI=1S/C22H31N5O3S/c1-17-22(18(2)27(23-17)20-9-14-31(29,30)16-20)26-12-10-25(11-13-26)15-21(28)24(3)19-7-5-4-6-8-19/h4-8,20H,9-16H2,1-3H3. The average Bonchev–Trinajstić information content (AvgIpc) is 3.26. The number of hydrogen-bond donors (Lipinski definition) is 0. The Bertz CT molecular complexity index is 1040. The minimum atomic E-state index is -2.95. The van der Waals surface area contributed by atoms with E-state index in [2.05, 4.69) is 9.80 Å². The van der Waals surface area contributed by atoms with Crippen molar-refractivity contribution in [1.82, 2.24) is 14.7 Å². The molecular weight excluding hydrogens is 414 g/mol. The molecule has 1 aromatic heterocycles. The number of carbonyl (C=O) groups is 1. The normalized spacial score (nSPS) is 21.4. The van der Waals surface area contributed by atoms with Gasteiger partial charge >= 0.3 is 0 Å². The number of carbonyl (C=O) groups excluding carboxylic acids is 1. The lowest BCUT2D eigenvalue weighted by molar-refractivity contribution is -0.119. The van der Waals surface area contributed by atoms with Crippen LogP contribution in [0.15, 0.2) is 30.3 Å². The minimum absolute atomic E-state index is 0.0649. The fraction of sp³-hybridized carbons (Fsp3) is 0.545. The zero-order valence-electron chi connectivity index (χ0n) is 18.5. The van der Waals surface area contributed by atoms with Gasteiger partial charge in [-0.3, -0.25) is 14.4 Å². The maximum atomic E-state index is 12.7. The number of anilines is 2. The van der Waals surface area contributed by atoms with E-state index in [9.17, 15) is 13.2 Å². The van der Waals surface area contributed by atoms with Crippen LogP contribution in [0.1, 0.15) is 23.9 Å². The third-order valence-corrected chi connectivity index (χ3v) is 8.16. The molecule has 1 atom stereocenters. The second-order valence-electron chi connectivity index (χ2n) is 8.57. The Morgan fingerprint density at radius 1 is 1.13 bits per heavy atom. The van der Waals surface area contributed by atoms with Crippen molar-refractivity contribution in [3.8, 4) is 0 Å². The van der Waals surface area contributed by atoms with Gasteiger partial charge in [0.05, 0.1) is 41.2 Å². The Balaban J connectivity index is 1.37. The van der Waals surface area contributed by atoms with Crippen molar-refractivity contribution in [2.24, 2.45) is 0 Å². The van der Waals surface area contributed by atoms with Crippen LogP contribution in [0.25, 0.3) is 0 Å². The third-order valence-electron chi connectivity index (χ3n) is 6.41. The molecule has 0 N–H and O–H groups in total. The number of piperazine rings is 1. The van der Waals surface area contributed by atoms with Crippen molar-refractivity contribution >= 4 is 27.1 Å². The first-order chi connectivity index (χ1) is 14.7. The zero-order valence-corrected chi connectivity index (χ0v) is 19.3. The lowest BCUT2D eigenvalue weighted by Crippen LogP contribution is -2.50. The van der Waals surface area contributed by atoms with Gasteiger partial charge in [0.2, 0.25) is 5.91 Å². The molecule has 1 amide bonds. The van der Waals surface area contributed by atoms with E-state index < -0.39 is 9.84 Å². The fourth-order valence-electron chi connectivity index (χ4n) is 4.66. The summed E-state index contributed by atoms with van der Waals surface area (Å²) in [5.41, 5.74) is 3.98. The summed E-state index contributed by atoms with van der Waals surface area (Å²) in [5.74, 6) is 0.511. The molecule has 8 nitrogen and oxygen atoms in total. The summed E-state index contributed by atoms with van der Waals surface area (Å²) in [5, 5.41) is 4.69. The molecule has 31 heavy (non-hydrogen) atoms. The van der Waals surface area contributed by atoms with Crippen LogP contribution in [0.4, 0.5) is 11.4 Å². The lowest BCUT2D eigenvalue weighted by Gasteiger charge is -2.36. The molecule has 0 aliphatic carbocycles. The van der Waals surface area contributed by atoms with E-state index in [1.807, 2.05) is 55.9 Å². The van der Waals surface area contributed by atoms with E-state index in [0.717, 1.165) is 48.9 Å². The molecule has 0 radical (unpaired) electrons. The number of nitrogens with zero attached hydrogens (tertiary/aromatic N) is 5. The molecule has 4 rings (SSSR count). The van der Waals surface area contributed by atoms with Crippen molar-refractivity contribution in [1.29, 1.82) is 0 Å². The Morgan fingerprint density at radius 2 is 1.81 bits per heavy atom. The highest BCUT2D eigenvalue weighted by Gasteiger charge is 2.33. The van der Waals surface area contributed by atoms with Crippen LogP contribution in [-0.2, 0) is 14.6 Å². The molecule has 2 aliphatic heterocycles. The molecular formula is C22H31N5O3S. The van der Waals surface area contributed by atoms with Gasteiger partial charge in [0.15, 0.2) is 9.84 Å². The van der Waals surface area contributed by atoms with Gasteiger partial charge in [-0.05, 0) is 32.4 Å². The maximum Gasteiger partial charge on any atom is 0.240 e. The van der Waals surface area contributed by atoms with Crippen molar-refractivity contribution in [3.63, 3.8) is 0 Å². The Hall–Kier alpha value is -2.39. The maximum absolute atomic E-state index is 12.7. The largest absolute Gasteiger partial charge is 0.366 e. The average molecular weight is 446 g/mol. The number of likely N-dealkylation sites (N-methyl/N-ethyl adjacent to an activating group) is 1. The zero-order chi connectivity index (χ0) is 22.2. The van der Waals surface area contributed by atoms with E-state index in [-0.39, 0.29) is 23.5 Å². The van der Waals surface area contributed by atoms with E-state index in [4.69, 9.17) is 5.10 Å². The fourth-order valence-corrected chi connectivity index (χ4v) is 6.35. The number of aromatic nitrogens is 2. The van der Waals surface area contributed by atoms with Crippen LogP contribution in [0.3, 0.4) is 0 Å². The van der Waals surface area contributed by atoms with Gasteiger partial charge in [-0.1, -0.05) is 18.2 Å². The SMILES string of the molecule is Cc1nn(C2CCS(=O)(=O)C2)c(C)c1N1CCN(CC(=O)N(C)c2ccccc2)CC1. The molecule has 168 valence electrons. The number of sulfone groups is 1. The van der Waals surface area contributed by atoms with Crippen molar-refractivity contribution < 1.29 is 13.2 Å². The molecule has 0 spiro atoms. The molecule has 0 bridgehead atoms. The van der Waals surface area contributed by atoms with Crippen LogP contribution in [0, 0.1) is 13.8 Å². The molecule has 1 aromatic carbocycles. The van der Waals surface area contributed by atoms with E-state index >= 15 is 0 Å². The molecule has 2 fully saturated rings.